The molecule has 0 bridgehead atoms. The molecule has 0 atom stereocenters. The van der Waals surface area contributed by atoms with Crippen LogP contribution >= 0.6 is 11.6 Å². The normalized spacial score (nSPS) is 10.8. The van der Waals surface area contributed by atoms with E-state index >= 15 is 0 Å². The maximum atomic E-state index is 12.6. The minimum Gasteiger partial charge on any atom is -0.492 e. The molecular formula is C21H15ClF3N3O2. The Morgan fingerprint density at radius 1 is 1.20 bits per heavy atom. The van der Waals surface area contributed by atoms with Crippen molar-refractivity contribution in [1.82, 2.24) is 9.55 Å². The Hall–Kier alpha value is -3.44. The van der Waals surface area contributed by atoms with Gasteiger partial charge in [-0.2, -0.15) is 13.2 Å². The van der Waals surface area contributed by atoms with Gasteiger partial charge in [-0.3, -0.25) is 4.79 Å². The van der Waals surface area contributed by atoms with E-state index in [4.69, 9.17) is 16.3 Å². The first kappa shape index (κ1) is 21.3. The zero-order chi connectivity index (χ0) is 21.6. The minimum absolute atomic E-state index is 0.126. The molecule has 1 heterocycles. The molecule has 1 amide bonds. The van der Waals surface area contributed by atoms with Crippen molar-refractivity contribution in [2.75, 3.05) is 11.9 Å². The molecule has 0 saturated carbocycles. The van der Waals surface area contributed by atoms with Gasteiger partial charge in [0, 0.05) is 29.6 Å². The number of halogens is 4. The lowest BCUT2D eigenvalue weighted by Gasteiger charge is -2.08. The summed E-state index contributed by atoms with van der Waals surface area (Å²) in [5.41, 5.74) is -0.258. The van der Waals surface area contributed by atoms with Crippen LogP contribution in [0.1, 0.15) is 11.1 Å². The standard InChI is InChI=1S/C21H15ClF3N3O2/c22-19-13-16(21(23,24)25)3-1-15(19)2-8-20(29)27-17-4-6-18(7-5-17)30-12-11-28-10-9-26-14-28/h1,3-7,9-10,13-14H,11-12H2,(H,27,29). The number of aromatic nitrogens is 2. The Labute approximate surface area is 175 Å². The van der Waals surface area contributed by atoms with Gasteiger partial charge in [0.05, 0.1) is 23.5 Å². The molecule has 3 aromatic rings. The second kappa shape index (κ2) is 9.37. The first-order chi connectivity index (χ1) is 14.3. The first-order valence-electron chi connectivity index (χ1n) is 8.69. The summed E-state index contributed by atoms with van der Waals surface area (Å²) in [6.07, 6.45) is 0.718. The fourth-order valence-corrected chi connectivity index (χ4v) is 2.63. The number of rotatable bonds is 5. The molecule has 0 unspecified atom stereocenters. The molecule has 0 spiro atoms. The minimum atomic E-state index is -4.50. The highest BCUT2D eigenvalue weighted by Gasteiger charge is 2.30. The second-order valence-corrected chi connectivity index (χ2v) is 6.48. The molecule has 3 rings (SSSR count). The van der Waals surface area contributed by atoms with Crippen molar-refractivity contribution in [2.24, 2.45) is 0 Å². The molecule has 0 saturated heterocycles. The second-order valence-electron chi connectivity index (χ2n) is 6.07. The van der Waals surface area contributed by atoms with E-state index < -0.39 is 17.6 Å². The number of alkyl halides is 3. The van der Waals surface area contributed by atoms with Crippen molar-refractivity contribution in [3.05, 3.63) is 77.3 Å². The predicted octanol–water partition coefficient (Wildman–Crippen LogP) is 4.62. The lowest BCUT2D eigenvalue weighted by Crippen LogP contribution is -2.09. The molecule has 154 valence electrons. The summed E-state index contributed by atoms with van der Waals surface area (Å²) in [5, 5.41) is 2.39. The van der Waals surface area contributed by atoms with E-state index in [0.29, 0.717) is 24.6 Å². The van der Waals surface area contributed by atoms with E-state index in [9.17, 15) is 18.0 Å². The number of benzene rings is 2. The van der Waals surface area contributed by atoms with Gasteiger partial charge in [-0.05, 0) is 42.5 Å². The fourth-order valence-electron chi connectivity index (χ4n) is 2.40. The number of hydrogen-bond donors (Lipinski definition) is 1. The molecule has 5 nitrogen and oxygen atoms in total. The fraction of sp³-hybridized carbons (Fsp3) is 0.143. The Morgan fingerprint density at radius 3 is 2.60 bits per heavy atom. The average molecular weight is 434 g/mol. The van der Waals surface area contributed by atoms with Gasteiger partial charge in [0.15, 0.2) is 0 Å². The van der Waals surface area contributed by atoms with Gasteiger partial charge in [-0.25, -0.2) is 4.98 Å². The van der Waals surface area contributed by atoms with Crippen molar-refractivity contribution >= 4 is 23.2 Å². The van der Waals surface area contributed by atoms with Crippen LogP contribution < -0.4 is 10.1 Å². The maximum absolute atomic E-state index is 12.6. The summed E-state index contributed by atoms with van der Waals surface area (Å²) in [5.74, 6) is 4.79. The number of amides is 1. The molecule has 1 aromatic heterocycles. The van der Waals surface area contributed by atoms with Crippen molar-refractivity contribution in [2.45, 2.75) is 12.7 Å². The third-order valence-corrected chi connectivity index (χ3v) is 4.21. The third kappa shape index (κ3) is 6.03. The zero-order valence-corrected chi connectivity index (χ0v) is 16.2. The molecule has 0 aliphatic carbocycles. The highest BCUT2D eigenvalue weighted by molar-refractivity contribution is 6.31. The maximum Gasteiger partial charge on any atom is 0.416 e. The monoisotopic (exact) mass is 433 g/mol. The third-order valence-electron chi connectivity index (χ3n) is 3.90. The number of ether oxygens (including phenoxy) is 1. The number of nitrogens with zero attached hydrogens (tertiary/aromatic N) is 2. The topological polar surface area (TPSA) is 56.1 Å². The van der Waals surface area contributed by atoms with Crippen LogP contribution in [0.3, 0.4) is 0 Å². The summed E-state index contributed by atoms with van der Waals surface area (Å²) in [6.45, 7) is 1.11. The van der Waals surface area contributed by atoms with Crippen LogP contribution in [0.2, 0.25) is 5.02 Å². The summed E-state index contributed by atoms with van der Waals surface area (Å²) in [6, 6.07) is 9.46. The average Bonchev–Trinajstić information content (AvgIpc) is 3.21. The summed E-state index contributed by atoms with van der Waals surface area (Å²) in [4.78, 5) is 15.9. The Bertz CT molecular complexity index is 1070. The Balaban J connectivity index is 1.54. The summed E-state index contributed by atoms with van der Waals surface area (Å²) >= 11 is 5.82. The predicted molar refractivity (Wildman–Crippen MR) is 106 cm³/mol. The molecule has 0 aliphatic rings. The largest absolute Gasteiger partial charge is 0.492 e. The Kier molecular flexibility index (Phi) is 6.65. The van der Waals surface area contributed by atoms with Crippen LogP contribution in [-0.4, -0.2) is 22.1 Å². The molecule has 0 fully saturated rings. The number of carbonyl (C=O) groups is 1. The van der Waals surface area contributed by atoms with Crippen molar-refractivity contribution in [3.8, 4) is 17.6 Å². The van der Waals surface area contributed by atoms with Gasteiger partial charge in [0.25, 0.3) is 0 Å². The molecule has 30 heavy (non-hydrogen) atoms. The van der Waals surface area contributed by atoms with E-state index in [-0.39, 0.29) is 10.6 Å². The van der Waals surface area contributed by atoms with E-state index in [0.717, 1.165) is 18.2 Å². The van der Waals surface area contributed by atoms with E-state index in [1.165, 1.54) is 0 Å². The summed E-state index contributed by atoms with van der Waals surface area (Å²) in [7, 11) is 0. The van der Waals surface area contributed by atoms with Crippen LogP contribution in [0.4, 0.5) is 18.9 Å². The van der Waals surface area contributed by atoms with Crippen LogP contribution in [0.25, 0.3) is 0 Å². The van der Waals surface area contributed by atoms with E-state index in [1.54, 1.807) is 36.8 Å². The number of imidazole rings is 1. The summed E-state index contributed by atoms with van der Waals surface area (Å²) < 4.78 is 45.4. The van der Waals surface area contributed by atoms with Crippen LogP contribution in [0.15, 0.2) is 61.2 Å². The molecule has 0 aliphatic heterocycles. The number of nitrogens with one attached hydrogen (secondary N) is 1. The van der Waals surface area contributed by atoms with Crippen molar-refractivity contribution < 1.29 is 22.7 Å². The van der Waals surface area contributed by atoms with Crippen molar-refractivity contribution in [1.29, 1.82) is 0 Å². The van der Waals surface area contributed by atoms with Gasteiger partial charge in [-0.1, -0.05) is 17.5 Å². The highest BCUT2D eigenvalue weighted by Crippen LogP contribution is 2.31. The van der Waals surface area contributed by atoms with Gasteiger partial charge in [-0.15, -0.1) is 0 Å². The van der Waals surface area contributed by atoms with Crippen LogP contribution in [0.5, 0.6) is 5.75 Å². The van der Waals surface area contributed by atoms with Gasteiger partial charge < -0.3 is 14.6 Å². The SMILES string of the molecule is O=C(C#Cc1ccc(C(F)(F)F)cc1Cl)Nc1ccc(OCCn2ccnc2)cc1. The van der Waals surface area contributed by atoms with Gasteiger partial charge >= 0.3 is 12.1 Å². The first-order valence-corrected chi connectivity index (χ1v) is 9.07. The lowest BCUT2D eigenvalue weighted by atomic mass is 10.1. The number of anilines is 1. The van der Waals surface area contributed by atoms with Crippen LogP contribution in [0, 0.1) is 11.8 Å². The van der Waals surface area contributed by atoms with Crippen LogP contribution in [-0.2, 0) is 17.5 Å². The van der Waals surface area contributed by atoms with Gasteiger partial charge in [0.2, 0.25) is 0 Å². The molecular weight excluding hydrogens is 419 g/mol. The van der Waals surface area contributed by atoms with E-state index in [2.05, 4.69) is 22.1 Å². The van der Waals surface area contributed by atoms with E-state index in [1.807, 2.05) is 10.8 Å². The highest BCUT2D eigenvalue weighted by atomic mass is 35.5. The quantitative estimate of drug-likeness (QED) is 0.597. The van der Waals surface area contributed by atoms with Gasteiger partial charge in [0.1, 0.15) is 12.4 Å². The molecule has 0 radical (unpaired) electrons. The zero-order valence-electron chi connectivity index (χ0n) is 15.4. The molecule has 1 N–H and O–H groups in total. The molecule has 2 aromatic carbocycles. The number of hydrogen-bond acceptors (Lipinski definition) is 3. The van der Waals surface area contributed by atoms with Crippen molar-refractivity contribution in [3.63, 3.8) is 0 Å². The molecule has 9 heteroatoms. The number of carbonyl (C=O) groups excluding carboxylic acids is 1. The lowest BCUT2D eigenvalue weighted by molar-refractivity contribution is -0.137. The Morgan fingerprint density at radius 2 is 1.97 bits per heavy atom. The smallest absolute Gasteiger partial charge is 0.416 e.